The number of fused-ring (bicyclic) bond motifs is 4. The summed E-state index contributed by atoms with van der Waals surface area (Å²) >= 11 is 9.76. The first-order valence-corrected chi connectivity index (χ1v) is 10.1. The summed E-state index contributed by atoms with van der Waals surface area (Å²) in [5.74, 6) is 0.957. The van der Waals surface area contributed by atoms with E-state index in [2.05, 4.69) is 53.8 Å². The first-order chi connectivity index (χ1) is 12.3. The standard InChI is InChI=1S/C20H13ClN2S2/c21-13-8-9-17-15(10-13)19-18(11-24-17)25-20(23-19)22-16-7-3-5-12-4-1-2-6-14(12)16/h1-10H,11H2,(H,22,23). The minimum Gasteiger partial charge on any atom is -0.331 e. The highest BCUT2D eigenvalue weighted by molar-refractivity contribution is 7.98. The first-order valence-electron chi connectivity index (χ1n) is 7.95. The van der Waals surface area contributed by atoms with Gasteiger partial charge in [-0.3, -0.25) is 0 Å². The zero-order chi connectivity index (χ0) is 16.8. The predicted octanol–water partition coefficient (Wildman–Crippen LogP) is 6.97. The van der Waals surface area contributed by atoms with Gasteiger partial charge in [-0.15, -0.1) is 23.1 Å². The van der Waals surface area contributed by atoms with Crippen molar-refractivity contribution < 1.29 is 0 Å². The molecule has 1 N–H and O–H groups in total. The second-order valence-corrected chi connectivity index (χ2v) is 8.41. The third-order valence-electron chi connectivity index (χ3n) is 4.28. The molecule has 3 aromatic carbocycles. The summed E-state index contributed by atoms with van der Waals surface area (Å²) in [7, 11) is 0. The van der Waals surface area contributed by atoms with Crippen LogP contribution in [-0.2, 0) is 5.75 Å². The van der Waals surface area contributed by atoms with E-state index in [4.69, 9.17) is 16.6 Å². The molecule has 0 aliphatic carbocycles. The molecule has 0 spiro atoms. The van der Waals surface area contributed by atoms with Crippen molar-refractivity contribution in [3.8, 4) is 11.3 Å². The highest BCUT2D eigenvalue weighted by atomic mass is 35.5. The maximum atomic E-state index is 6.20. The van der Waals surface area contributed by atoms with E-state index in [-0.39, 0.29) is 0 Å². The van der Waals surface area contributed by atoms with Crippen molar-refractivity contribution in [2.75, 3.05) is 5.32 Å². The maximum Gasteiger partial charge on any atom is 0.188 e. The lowest BCUT2D eigenvalue weighted by molar-refractivity contribution is 1.28. The summed E-state index contributed by atoms with van der Waals surface area (Å²) in [4.78, 5) is 7.41. The number of halogens is 1. The topological polar surface area (TPSA) is 24.9 Å². The van der Waals surface area contributed by atoms with E-state index in [0.717, 1.165) is 32.9 Å². The van der Waals surface area contributed by atoms with Crippen LogP contribution in [0, 0.1) is 0 Å². The minimum atomic E-state index is 0.753. The van der Waals surface area contributed by atoms with Crippen LogP contribution in [0.25, 0.3) is 22.0 Å². The van der Waals surface area contributed by atoms with Crippen LogP contribution in [0.1, 0.15) is 4.88 Å². The lowest BCUT2D eigenvalue weighted by Crippen LogP contribution is -1.94. The van der Waals surface area contributed by atoms with Gasteiger partial charge in [-0.2, -0.15) is 0 Å². The molecule has 122 valence electrons. The Labute approximate surface area is 158 Å². The van der Waals surface area contributed by atoms with Crippen molar-refractivity contribution >= 4 is 56.3 Å². The van der Waals surface area contributed by atoms with Crippen LogP contribution < -0.4 is 5.32 Å². The van der Waals surface area contributed by atoms with Gasteiger partial charge in [0.1, 0.15) is 0 Å². The van der Waals surface area contributed by atoms with Gasteiger partial charge in [0.15, 0.2) is 5.13 Å². The lowest BCUT2D eigenvalue weighted by atomic mass is 10.1. The normalized spacial score (nSPS) is 12.7. The minimum absolute atomic E-state index is 0.753. The second-order valence-electron chi connectivity index (χ2n) is 5.87. The van der Waals surface area contributed by atoms with E-state index in [1.165, 1.54) is 20.5 Å². The van der Waals surface area contributed by atoms with Gasteiger partial charge in [-0.1, -0.05) is 48.0 Å². The molecule has 0 fully saturated rings. The molecule has 2 nitrogen and oxygen atoms in total. The highest BCUT2D eigenvalue weighted by Gasteiger charge is 2.22. The Morgan fingerprint density at radius 3 is 2.84 bits per heavy atom. The largest absolute Gasteiger partial charge is 0.331 e. The van der Waals surface area contributed by atoms with Crippen LogP contribution in [-0.4, -0.2) is 4.98 Å². The summed E-state index contributed by atoms with van der Waals surface area (Å²) < 4.78 is 0. The van der Waals surface area contributed by atoms with Crippen LogP contribution >= 0.6 is 34.7 Å². The molecule has 5 rings (SSSR count). The molecule has 1 aliphatic rings. The Morgan fingerprint density at radius 2 is 1.88 bits per heavy atom. The third kappa shape index (κ3) is 2.71. The number of hydrogen-bond donors (Lipinski definition) is 1. The van der Waals surface area contributed by atoms with Crippen LogP contribution in [0.15, 0.2) is 65.6 Å². The Balaban J connectivity index is 1.57. The molecule has 0 amide bonds. The molecule has 0 saturated heterocycles. The van der Waals surface area contributed by atoms with Crippen molar-refractivity contribution in [1.82, 2.24) is 4.98 Å². The van der Waals surface area contributed by atoms with Gasteiger partial charge in [-0.05, 0) is 29.7 Å². The summed E-state index contributed by atoms with van der Waals surface area (Å²) in [6, 6.07) is 20.7. The van der Waals surface area contributed by atoms with Crippen LogP contribution in [0.2, 0.25) is 5.02 Å². The van der Waals surface area contributed by atoms with Crippen molar-refractivity contribution in [2.24, 2.45) is 0 Å². The molecule has 1 aromatic heterocycles. The number of nitrogens with zero attached hydrogens (tertiary/aromatic N) is 1. The fourth-order valence-electron chi connectivity index (χ4n) is 3.12. The maximum absolute atomic E-state index is 6.20. The van der Waals surface area contributed by atoms with E-state index < -0.39 is 0 Å². The molecule has 4 aromatic rings. The van der Waals surface area contributed by atoms with Gasteiger partial charge >= 0.3 is 0 Å². The zero-order valence-corrected chi connectivity index (χ0v) is 15.5. The Bertz CT molecular complexity index is 1100. The Hall–Kier alpha value is -2.01. The molecule has 0 saturated carbocycles. The number of benzene rings is 3. The van der Waals surface area contributed by atoms with Gasteiger partial charge in [0.05, 0.1) is 5.69 Å². The molecular weight excluding hydrogens is 368 g/mol. The van der Waals surface area contributed by atoms with E-state index in [1.807, 2.05) is 23.9 Å². The average Bonchev–Trinajstić information content (AvgIpc) is 3.05. The summed E-state index contributed by atoms with van der Waals surface area (Å²) in [5, 5.41) is 7.62. The van der Waals surface area contributed by atoms with Crippen molar-refractivity contribution in [1.29, 1.82) is 0 Å². The molecule has 2 heterocycles. The number of thiazole rings is 1. The zero-order valence-electron chi connectivity index (χ0n) is 13.1. The number of anilines is 2. The molecule has 0 radical (unpaired) electrons. The number of nitrogens with one attached hydrogen (secondary N) is 1. The van der Waals surface area contributed by atoms with Crippen molar-refractivity contribution in [3.63, 3.8) is 0 Å². The summed E-state index contributed by atoms with van der Waals surface area (Å²) in [5.41, 5.74) is 3.29. The van der Waals surface area contributed by atoms with Gasteiger partial charge in [0.2, 0.25) is 0 Å². The number of rotatable bonds is 2. The monoisotopic (exact) mass is 380 g/mol. The molecule has 0 bridgehead atoms. The Morgan fingerprint density at radius 1 is 1.00 bits per heavy atom. The van der Waals surface area contributed by atoms with Crippen molar-refractivity contribution in [3.05, 3.63) is 70.6 Å². The SMILES string of the molecule is Clc1ccc2c(c1)-c1nc(Nc3cccc4ccccc34)sc1CS2. The second kappa shape index (κ2) is 6.06. The van der Waals surface area contributed by atoms with Gasteiger partial charge < -0.3 is 5.32 Å². The number of thioether (sulfide) groups is 1. The third-order valence-corrected chi connectivity index (χ3v) is 6.77. The summed E-state index contributed by atoms with van der Waals surface area (Å²) in [6.07, 6.45) is 0. The van der Waals surface area contributed by atoms with Gasteiger partial charge in [0.25, 0.3) is 0 Å². The first kappa shape index (κ1) is 15.3. The van der Waals surface area contributed by atoms with Gasteiger partial charge in [-0.25, -0.2) is 4.98 Å². The summed E-state index contributed by atoms with van der Waals surface area (Å²) in [6.45, 7) is 0. The van der Waals surface area contributed by atoms with E-state index >= 15 is 0 Å². The highest BCUT2D eigenvalue weighted by Crippen LogP contribution is 2.46. The van der Waals surface area contributed by atoms with Crippen molar-refractivity contribution in [2.45, 2.75) is 10.6 Å². The molecule has 25 heavy (non-hydrogen) atoms. The van der Waals surface area contributed by atoms with E-state index in [1.54, 1.807) is 11.3 Å². The van der Waals surface area contributed by atoms with Crippen LogP contribution in [0.3, 0.4) is 0 Å². The fourth-order valence-corrected chi connectivity index (χ4v) is 5.39. The molecule has 0 unspecified atom stereocenters. The van der Waals surface area contributed by atoms with E-state index in [9.17, 15) is 0 Å². The molecule has 1 aliphatic heterocycles. The van der Waals surface area contributed by atoms with Gasteiger partial charge in [0, 0.05) is 37.2 Å². The molecule has 5 heteroatoms. The molecule has 0 atom stereocenters. The van der Waals surface area contributed by atoms with Crippen LogP contribution in [0.5, 0.6) is 0 Å². The van der Waals surface area contributed by atoms with E-state index in [0.29, 0.717) is 0 Å². The fraction of sp³-hybridized carbons (Fsp3) is 0.0500. The smallest absolute Gasteiger partial charge is 0.188 e. The average molecular weight is 381 g/mol. The molecular formula is C20H13ClN2S2. The lowest BCUT2D eigenvalue weighted by Gasteiger charge is -2.14. The number of hydrogen-bond acceptors (Lipinski definition) is 4. The van der Waals surface area contributed by atoms with Crippen LogP contribution in [0.4, 0.5) is 10.8 Å². The quantitative estimate of drug-likeness (QED) is 0.406. The predicted molar refractivity (Wildman–Crippen MR) is 109 cm³/mol. The number of aromatic nitrogens is 1. The Kier molecular flexibility index (Phi) is 3.70.